The van der Waals surface area contributed by atoms with E-state index in [-0.39, 0.29) is 5.92 Å². The average molecular weight is 186 g/mol. The van der Waals surface area contributed by atoms with Crippen LogP contribution in [-0.2, 0) is 0 Å². The molecule has 3 nitrogen and oxygen atoms in total. The molecule has 1 unspecified atom stereocenters. The molecule has 14 heavy (non-hydrogen) atoms. The van der Waals surface area contributed by atoms with Gasteiger partial charge in [0.2, 0.25) is 5.89 Å². The lowest BCUT2D eigenvalue weighted by molar-refractivity contribution is 0.519. The zero-order valence-corrected chi connectivity index (χ0v) is 8.11. The Labute approximate surface area is 82.0 Å². The van der Waals surface area contributed by atoms with E-state index in [2.05, 4.69) is 11.1 Å². The summed E-state index contributed by atoms with van der Waals surface area (Å²) in [5, 5.41) is 8.73. The van der Waals surface area contributed by atoms with Crippen molar-refractivity contribution < 1.29 is 4.42 Å². The van der Waals surface area contributed by atoms with E-state index in [1.165, 1.54) is 0 Å². The molecule has 0 saturated heterocycles. The third-order valence-corrected chi connectivity index (χ3v) is 2.19. The lowest BCUT2D eigenvalue weighted by Crippen LogP contribution is -1.87. The molecule has 2 rings (SSSR count). The number of para-hydroxylation sites is 1. The maximum atomic E-state index is 8.73. The van der Waals surface area contributed by atoms with Crippen molar-refractivity contribution >= 4 is 11.1 Å². The van der Waals surface area contributed by atoms with E-state index in [4.69, 9.17) is 9.68 Å². The number of hydrogen-bond donors (Lipinski definition) is 0. The Morgan fingerprint density at radius 3 is 2.93 bits per heavy atom. The van der Waals surface area contributed by atoms with Crippen molar-refractivity contribution in [3.63, 3.8) is 0 Å². The molecule has 0 radical (unpaired) electrons. The van der Waals surface area contributed by atoms with Gasteiger partial charge in [0, 0.05) is 0 Å². The monoisotopic (exact) mass is 186 g/mol. The van der Waals surface area contributed by atoms with E-state index in [0.717, 1.165) is 16.7 Å². The van der Waals surface area contributed by atoms with Crippen molar-refractivity contribution in [1.29, 1.82) is 5.26 Å². The first-order valence-electron chi connectivity index (χ1n) is 4.48. The predicted octanol–water partition coefficient (Wildman–Crippen LogP) is 2.76. The predicted molar refractivity (Wildman–Crippen MR) is 52.8 cm³/mol. The topological polar surface area (TPSA) is 49.8 Å². The molecule has 1 aromatic carbocycles. The molecule has 0 aliphatic carbocycles. The van der Waals surface area contributed by atoms with Gasteiger partial charge in [-0.15, -0.1) is 0 Å². The molecule has 0 amide bonds. The van der Waals surface area contributed by atoms with Crippen molar-refractivity contribution in [3.8, 4) is 6.07 Å². The number of rotatable bonds is 1. The lowest BCUT2D eigenvalue weighted by atomic mass is 10.2. The number of aryl methyl sites for hydroxylation is 1. The van der Waals surface area contributed by atoms with Gasteiger partial charge in [0.15, 0.2) is 5.58 Å². The number of nitriles is 1. The molecule has 3 heteroatoms. The summed E-state index contributed by atoms with van der Waals surface area (Å²) in [6.07, 6.45) is 0. The molecule has 0 bridgehead atoms. The van der Waals surface area contributed by atoms with Crippen LogP contribution >= 0.6 is 0 Å². The number of hydrogen-bond acceptors (Lipinski definition) is 3. The fourth-order valence-corrected chi connectivity index (χ4v) is 1.34. The van der Waals surface area contributed by atoms with Crippen LogP contribution in [0.25, 0.3) is 11.1 Å². The standard InChI is InChI=1S/C11H10N2O/c1-7-4-3-5-9-10(7)14-11(13-9)8(2)6-12/h3-5,8H,1-2H3. The second-order valence-corrected chi connectivity index (χ2v) is 3.33. The first-order chi connectivity index (χ1) is 6.72. The molecule has 0 fully saturated rings. The highest BCUT2D eigenvalue weighted by Crippen LogP contribution is 2.23. The van der Waals surface area contributed by atoms with Crippen molar-refractivity contribution in [1.82, 2.24) is 4.98 Å². The fourth-order valence-electron chi connectivity index (χ4n) is 1.34. The van der Waals surface area contributed by atoms with Gasteiger partial charge in [0.1, 0.15) is 11.4 Å². The van der Waals surface area contributed by atoms with E-state index in [1.54, 1.807) is 6.92 Å². The van der Waals surface area contributed by atoms with Crippen molar-refractivity contribution in [3.05, 3.63) is 29.7 Å². The molecule has 70 valence electrons. The van der Waals surface area contributed by atoms with Gasteiger partial charge in [-0.2, -0.15) is 5.26 Å². The molecule has 0 spiro atoms. The van der Waals surface area contributed by atoms with Crippen LogP contribution in [0.15, 0.2) is 22.6 Å². The van der Waals surface area contributed by atoms with Crippen LogP contribution in [0.5, 0.6) is 0 Å². The van der Waals surface area contributed by atoms with Crippen LogP contribution in [0, 0.1) is 18.3 Å². The first-order valence-corrected chi connectivity index (χ1v) is 4.48. The smallest absolute Gasteiger partial charge is 0.212 e. The minimum Gasteiger partial charge on any atom is -0.439 e. The normalized spacial score (nSPS) is 12.6. The SMILES string of the molecule is Cc1cccc2nc(C(C)C#N)oc12. The van der Waals surface area contributed by atoms with Gasteiger partial charge in [-0.25, -0.2) is 4.98 Å². The van der Waals surface area contributed by atoms with Crippen LogP contribution in [-0.4, -0.2) is 4.98 Å². The van der Waals surface area contributed by atoms with Gasteiger partial charge in [-0.05, 0) is 25.5 Å². The molecule has 2 aromatic rings. The lowest BCUT2D eigenvalue weighted by Gasteiger charge is -1.92. The van der Waals surface area contributed by atoms with Crippen LogP contribution < -0.4 is 0 Å². The quantitative estimate of drug-likeness (QED) is 0.688. The van der Waals surface area contributed by atoms with Crippen molar-refractivity contribution in [2.45, 2.75) is 19.8 Å². The van der Waals surface area contributed by atoms with Gasteiger partial charge in [-0.1, -0.05) is 12.1 Å². The maximum absolute atomic E-state index is 8.73. The third-order valence-electron chi connectivity index (χ3n) is 2.19. The Balaban J connectivity index is 2.64. The highest BCUT2D eigenvalue weighted by Gasteiger charge is 2.13. The van der Waals surface area contributed by atoms with Crippen LogP contribution in [0.3, 0.4) is 0 Å². The fraction of sp³-hybridized carbons (Fsp3) is 0.273. The summed E-state index contributed by atoms with van der Waals surface area (Å²) >= 11 is 0. The zero-order chi connectivity index (χ0) is 10.1. The Morgan fingerprint density at radius 1 is 1.50 bits per heavy atom. The second-order valence-electron chi connectivity index (χ2n) is 3.33. The maximum Gasteiger partial charge on any atom is 0.212 e. The molecule has 0 aliphatic rings. The molecule has 0 aliphatic heterocycles. The molecule has 0 saturated carbocycles. The van der Waals surface area contributed by atoms with Gasteiger partial charge >= 0.3 is 0 Å². The van der Waals surface area contributed by atoms with Crippen molar-refractivity contribution in [2.75, 3.05) is 0 Å². The highest BCUT2D eigenvalue weighted by molar-refractivity contribution is 5.76. The number of oxazole rings is 1. The van der Waals surface area contributed by atoms with Gasteiger partial charge in [0.25, 0.3) is 0 Å². The minimum atomic E-state index is -0.290. The van der Waals surface area contributed by atoms with E-state index in [0.29, 0.717) is 5.89 Å². The Bertz CT molecular complexity index is 507. The third kappa shape index (κ3) is 1.25. The van der Waals surface area contributed by atoms with Gasteiger partial charge in [-0.3, -0.25) is 0 Å². The summed E-state index contributed by atoms with van der Waals surface area (Å²) < 4.78 is 5.52. The Morgan fingerprint density at radius 2 is 2.29 bits per heavy atom. The van der Waals surface area contributed by atoms with E-state index < -0.39 is 0 Å². The molecule has 1 aromatic heterocycles. The van der Waals surface area contributed by atoms with Crippen molar-refractivity contribution in [2.24, 2.45) is 0 Å². The number of benzene rings is 1. The largest absolute Gasteiger partial charge is 0.439 e. The Hall–Kier alpha value is -1.82. The summed E-state index contributed by atoms with van der Waals surface area (Å²) in [7, 11) is 0. The minimum absolute atomic E-state index is 0.290. The molecular formula is C11H10N2O. The number of nitrogens with zero attached hydrogens (tertiary/aromatic N) is 2. The Kier molecular flexibility index (Phi) is 1.97. The molecule has 0 N–H and O–H groups in total. The van der Waals surface area contributed by atoms with Crippen LogP contribution in [0.4, 0.5) is 0 Å². The average Bonchev–Trinajstić information content (AvgIpc) is 2.62. The summed E-state index contributed by atoms with van der Waals surface area (Å²) in [4.78, 5) is 4.26. The van der Waals surface area contributed by atoms with Gasteiger partial charge in [0.05, 0.1) is 6.07 Å². The summed E-state index contributed by atoms with van der Waals surface area (Å²) in [6, 6.07) is 7.89. The van der Waals surface area contributed by atoms with E-state index >= 15 is 0 Å². The highest BCUT2D eigenvalue weighted by atomic mass is 16.3. The summed E-state index contributed by atoms with van der Waals surface area (Å²) in [5.41, 5.74) is 2.65. The molecular weight excluding hydrogens is 176 g/mol. The number of aromatic nitrogens is 1. The first kappa shape index (κ1) is 8.76. The molecule has 1 heterocycles. The van der Waals surface area contributed by atoms with Crippen LogP contribution in [0.2, 0.25) is 0 Å². The zero-order valence-electron chi connectivity index (χ0n) is 8.11. The van der Waals surface area contributed by atoms with E-state index in [9.17, 15) is 0 Å². The van der Waals surface area contributed by atoms with E-state index in [1.807, 2.05) is 25.1 Å². The summed E-state index contributed by atoms with van der Waals surface area (Å²) in [5.74, 6) is 0.207. The van der Waals surface area contributed by atoms with Gasteiger partial charge < -0.3 is 4.42 Å². The number of fused-ring (bicyclic) bond motifs is 1. The van der Waals surface area contributed by atoms with Crippen LogP contribution in [0.1, 0.15) is 24.3 Å². The summed E-state index contributed by atoms with van der Waals surface area (Å²) in [6.45, 7) is 3.74. The second kappa shape index (κ2) is 3.15. The molecule has 1 atom stereocenters.